The van der Waals surface area contributed by atoms with Gasteiger partial charge in [-0.2, -0.15) is 0 Å². The molecule has 0 saturated carbocycles. The van der Waals surface area contributed by atoms with Crippen molar-refractivity contribution in [3.05, 3.63) is 77.9 Å². The van der Waals surface area contributed by atoms with Crippen molar-refractivity contribution in [1.82, 2.24) is 14.9 Å². The van der Waals surface area contributed by atoms with E-state index in [1.165, 1.54) is 0 Å². The summed E-state index contributed by atoms with van der Waals surface area (Å²) in [4.78, 5) is 17.7. The highest BCUT2D eigenvalue weighted by atomic mass is 16.6. The monoisotopic (exact) mass is 419 g/mol. The van der Waals surface area contributed by atoms with Crippen LogP contribution in [0.2, 0.25) is 0 Å². The van der Waals surface area contributed by atoms with Crippen LogP contribution < -0.4 is 14.8 Å². The molecule has 2 atom stereocenters. The molecule has 2 heterocycles. The third kappa shape index (κ3) is 4.74. The average Bonchev–Trinajstić information content (AvgIpc) is 3.29. The van der Waals surface area contributed by atoms with Gasteiger partial charge in [0.25, 0.3) is 0 Å². The van der Waals surface area contributed by atoms with Gasteiger partial charge in [-0.25, -0.2) is 4.98 Å². The molecule has 0 aliphatic carbocycles. The largest absolute Gasteiger partial charge is 0.486 e. The van der Waals surface area contributed by atoms with Gasteiger partial charge in [0.15, 0.2) is 11.5 Å². The first-order chi connectivity index (χ1) is 15.0. The Hall–Kier alpha value is -3.28. The minimum Gasteiger partial charge on any atom is -0.486 e. The molecule has 1 aliphatic heterocycles. The third-order valence-corrected chi connectivity index (χ3v) is 5.58. The molecule has 3 aromatic rings. The highest BCUT2D eigenvalue weighted by Crippen LogP contribution is 2.33. The van der Waals surface area contributed by atoms with E-state index in [4.69, 9.17) is 9.47 Å². The van der Waals surface area contributed by atoms with E-state index in [0.29, 0.717) is 19.6 Å². The lowest BCUT2D eigenvalue weighted by molar-refractivity contribution is -0.124. The lowest BCUT2D eigenvalue weighted by Crippen LogP contribution is -2.35. The Bertz CT molecular complexity index is 1030. The van der Waals surface area contributed by atoms with Crippen molar-refractivity contribution in [3.8, 4) is 11.5 Å². The van der Waals surface area contributed by atoms with Crippen LogP contribution in [0.25, 0.3) is 0 Å². The Morgan fingerprint density at radius 1 is 1.06 bits per heavy atom. The summed E-state index contributed by atoms with van der Waals surface area (Å²) in [5, 5.41) is 3.26. The van der Waals surface area contributed by atoms with Crippen LogP contribution in [0.5, 0.6) is 11.5 Å². The molecule has 0 radical (unpaired) electrons. The first kappa shape index (κ1) is 21.0. The van der Waals surface area contributed by atoms with Crippen LogP contribution in [0.4, 0.5) is 0 Å². The number of nitrogens with one attached hydrogen (secondary N) is 1. The van der Waals surface area contributed by atoms with Gasteiger partial charge in [0.2, 0.25) is 5.91 Å². The molecule has 2 aromatic carbocycles. The highest BCUT2D eigenvalue weighted by Gasteiger charge is 2.24. The molecule has 0 bridgehead atoms. The second-order valence-corrected chi connectivity index (χ2v) is 8.18. The number of imidazole rings is 1. The van der Waals surface area contributed by atoms with Crippen molar-refractivity contribution in [3.63, 3.8) is 0 Å². The van der Waals surface area contributed by atoms with E-state index in [-0.39, 0.29) is 23.9 Å². The van der Waals surface area contributed by atoms with Gasteiger partial charge in [0.1, 0.15) is 25.1 Å². The minimum atomic E-state index is -0.365. The molecule has 1 amide bonds. The second-order valence-electron chi connectivity index (χ2n) is 8.18. The average molecular weight is 420 g/mol. The van der Waals surface area contributed by atoms with E-state index < -0.39 is 0 Å². The zero-order chi connectivity index (χ0) is 21.8. The molecular weight excluding hydrogens is 390 g/mol. The van der Waals surface area contributed by atoms with Gasteiger partial charge >= 0.3 is 0 Å². The van der Waals surface area contributed by atoms with E-state index in [1.807, 2.05) is 54.1 Å². The number of carbonyl (C=O) groups is 1. The summed E-state index contributed by atoms with van der Waals surface area (Å²) >= 11 is 0. The highest BCUT2D eigenvalue weighted by molar-refractivity contribution is 5.80. The standard InChI is InChI=1S/C25H29N3O3/c1-17(2)24-26-11-12-28(24)18(3)25(29)27-21(15-19-7-5-4-6-8-19)20-9-10-22-23(16-20)31-14-13-30-22/h4-12,16-18,21H,13-15H2,1-3H3,(H,27,29)/t18-,21-/m0/s1. The first-order valence-electron chi connectivity index (χ1n) is 10.8. The van der Waals surface area contributed by atoms with E-state index in [1.54, 1.807) is 6.20 Å². The van der Waals surface area contributed by atoms with Crippen LogP contribution >= 0.6 is 0 Å². The molecule has 0 unspecified atom stereocenters. The fraction of sp³-hybridized carbons (Fsp3) is 0.360. The van der Waals surface area contributed by atoms with Crippen LogP contribution in [-0.2, 0) is 11.2 Å². The molecule has 162 valence electrons. The summed E-state index contributed by atoms with van der Waals surface area (Å²) in [6.07, 6.45) is 4.30. The van der Waals surface area contributed by atoms with Crippen molar-refractivity contribution in [2.45, 2.75) is 45.2 Å². The minimum absolute atomic E-state index is 0.0456. The summed E-state index contributed by atoms with van der Waals surface area (Å²) in [5.74, 6) is 2.56. The maximum atomic E-state index is 13.3. The normalized spacial score (nSPS) is 14.8. The van der Waals surface area contributed by atoms with Gasteiger partial charge in [0.05, 0.1) is 6.04 Å². The topological polar surface area (TPSA) is 65.4 Å². The van der Waals surface area contributed by atoms with Gasteiger partial charge in [0, 0.05) is 18.3 Å². The van der Waals surface area contributed by atoms with Gasteiger partial charge in [-0.05, 0) is 36.6 Å². The smallest absolute Gasteiger partial charge is 0.243 e. The first-order valence-corrected chi connectivity index (χ1v) is 10.8. The van der Waals surface area contributed by atoms with Crippen molar-refractivity contribution in [2.75, 3.05) is 13.2 Å². The Kier molecular flexibility index (Phi) is 6.26. The Balaban J connectivity index is 1.60. The molecule has 4 rings (SSSR count). The molecular formula is C25H29N3O3. The summed E-state index contributed by atoms with van der Waals surface area (Å²) in [5.41, 5.74) is 2.14. The predicted molar refractivity (Wildman–Crippen MR) is 119 cm³/mol. The van der Waals surface area contributed by atoms with E-state index in [0.717, 1.165) is 28.5 Å². The van der Waals surface area contributed by atoms with Crippen molar-refractivity contribution < 1.29 is 14.3 Å². The van der Waals surface area contributed by atoms with Crippen LogP contribution in [0.3, 0.4) is 0 Å². The van der Waals surface area contributed by atoms with Crippen LogP contribution in [0.15, 0.2) is 60.9 Å². The molecule has 31 heavy (non-hydrogen) atoms. The third-order valence-electron chi connectivity index (χ3n) is 5.58. The van der Waals surface area contributed by atoms with Gasteiger partial charge in [-0.15, -0.1) is 0 Å². The number of amides is 1. The number of aromatic nitrogens is 2. The molecule has 0 fully saturated rings. The zero-order valence-corrected chi connectivity index (χ0v) is 18.2. The number of fused-ring (bicyclic) bond motifs is 1. The number of nitrogens with zero attached hydrogens (tertiary/aromatic N) is 2. The van der Waals surface area contributed by atoms with E-state index in [2.05, 4.69) is 36.3 Å². The summed E-state index contributed by atoms with van der Waals surface area (Å²) < 4.78 is 13.4. The molecule has 0 saturated heterocycles. The second kappa shape index (κ2) is 9.25. The fourth-order valence-electron chi connectivity index (χ4n) is 3.90. The van der Waals surface area contributed by atoms with Gasteiger partial charge < -0.3 is 19.4 Å². The molecule has 6 nitrogen and oxygen atoms in total. The van der Waals surface area contributed by atoms with Crippen molar-refractivity contribution >= 4 is 5.91 Å². The molecule has 0 spiro atoms. The Morgan fingerprint density at radius 2 is 1.81 bits per heavy atom. The fourth-order valence-corrected chi connectivity index (χ4v) is 3.90. The SMILES string of the molecule is CC(C)c1nccn1[C@@H](C)C(=O)N[C@@H](Cc1ccccc1)c1ccc2c(c1)OCCO2. The molecule has 1 aliphatic rings. The van der Waals surface area contributed by atoms with Crippen LogP contribution in [-0.4, -0.2) is 28.7 Å². The van der Waals surface area contributed by atoms with Crippen molar-refractivity contribution in [2.24, 2.45) is 0 Å². The summed E-state index contributed by atoms with van der Waals surface area (Å²) in [7, 11) is 0. The quantitative estimate of drug-likeness (QED) is 0.615. The van der Waals surface area contributed by atoms with Crippen LogP contribution in [0.1, 0.15) is 55.7 Å². The Labute approximate surface area is 183 Å². The number of ether oxygens (including phenoxy) is 2. The Morgan fingerprint density at radius 3 is 2.55 bits per heavy atom. The number of benzene rings is 2. The number of rotatable bonds is 7. The lowest BCUT2D eigenvalue weighted by Gasteiger charge is -2.25. The van der Waals surface area contributed by atoms with Crippen molar-refractivity contribution in [1.29, 1.82) is 0 Å². The summed E-state index contributed by atoms with van der Waals surface area (Å²) in [6, 6.07) is 15.5. The zero-order valence-electron chi connectivity index (χ0n) is 18.2. The predicted octanol–water partition coefficient (Wildman–Crippen LogP) is 4.44. The van der Waals surface area contributed by atoms with E-state index >= 15 is 0 Å². The molecule has 1 aromatic heterocycles. The maximum Gasteiger partial charge on any atom is 0.243 e. The maximum absolute atomic E-state index is 13.3. The lowest BCUT2D eigenvalue weighted by atomic mass is 9.98. The molecule has 6 heteroatoms. The number of hydrogen-bond acceptors (Lipinski definition) is 4. The number of carbonyl (C=O) groups excluding carboxylic acids is 1. The number of hydrogen-bond donors (Lipinski definition) is 1. The molecule has 1 N–H and O–H groups in total. The van der Waals surface area contributed by atoms with Gasteiger partial charge in [-0.1, -0.05) is 50.2 Å². The van der Waals surface area contributed by atoms with E-state index in [9.17, 15) is 4.79 Å². The van der Waals surface area contributed by atoms with Gasteiger partial charge in [-0.3, -0.25) is 4.79 Å². The summed E-state index contributed by atoms with van der Waals surface area (Å²) in [6.45, 7) is 7.15. The van der Waals surface area contributed by atoms with Crippen LogP contribution in [0, 0.1) is 0 Å².